The van der Waals surface area contributed by atoms with E-state index in [0.29, 0.717) is 5.41 Å². The van der Waals surface area contributed by atoms with Gasteiger partial charge in [-0.05, 0) is 31.1 Å². The lowest BCUT2D eigenvalue weighted by Gasteiger charge is -2.30. The van der Waals surface area contributed by atoms with Crippen molar-refractivity contribution in [3.05, 3.63) is 0 Å². The van der Waals surface area contributed by atoms with Crippen molar-refractivity contribution in [1.29, 1.82) is 0 Å². The van der Waals surface area contributed by atoms with Crippen LogP contribution in [0.1, 0.15) is 39.5 Å². The van der Waals surface area contributed by atoms with E-state index >= 15 is 0 Å². The van der Waals surface area contributed by atoms with Gasteiger partial charge in [-0.3, -0.25) is 0 Å². The summed E-state index contributed by atoms with van der Waals surface area (Å²) >= 11 is 0. The van der Waals surface area contributed by atoms with Crippen molar-refractivity contribution in [3.8, 4) is 0 Å². The van der Waals surface area contributed by atoms with Crippen molar-refractivity contribution >= 4 is 0 Å². The van der Waals surface area contributed by atoms with Crippen molar-refractivity contribution in [2.24, 2.45) is 5.41 Å². The van der Waals surface area contributed by atoms with E-state index in [1.54, 1.807) is 0 Å². The van der Waals surface area contributed by atoms with Gasteiger partial charge in [0.1, 0.15) is 0 Å². The summed E-state index contributed by atoms with van der Waals surface area (Å²) in [7, 11) is 0. The molecule has 0 unspecified atom stereocenters. The van der Waals surface area contributed by atoms with Crippen LogP contribution in [0.4, 0.5) is 0 Å². The number of hydrogen-bond acceptors (Lipinski definition) is 0. The molecule has 1 saturated carbocycles. The van der Waals surface area contributed by atoms with Crippen molar-refractivity contribution in [3.63, 3.8) is 0 Å². The summed E-state index contributed by atoms with van der Waals surface area (Å²) in [6.07, 6.45) is 5.43. The molecule has 0 aromatic rings. The summed E-state index contributed by atoms with van der Waals surface area (Å²) in [4.78, 5) is 0. The minimum atomic E-state index is 0. The molecule has 0 aromatic heterocycles. The lowest BCUT2D eigenvalue weighted by atomic mass is 9.76. The first kappa shape index (κ1) is 10.7. The van der Waals surface area contributed by atoms with Crippen LogP contribution in [-0.4, -0.2) is 6.04 Å². The standard InChI is InChI=1S/C8H17N.HI/c1-8(2)5-3-7(9)4-6-8;/h7H,3-6,9H2,1-2H3;1H. The summed E-state index contributed by atoms with van der Waals surface area (Å²) in [5, 5.41) is 0. The fourth-order valence-corrected chi connectivity index (χ4v) is 1.46. The van der Waals surface area contributed by atoms with Crippen LogP contribution in [0.15, 0.2) is 0 Å². The van der Waals surface area contributed by atoms with Gasteiger partial charge >= 0.3 is 0 Å². The van der Waals surface area contributed by atoms with Crippen molar-refractivity contribution in [2.45, 2.75) is 45.6 Å². The van der Waals surface area contributed by atoms with Gasteiger partial charge in [0.25, 0.3) is 0 Å². The molecule has 0 aliphatic heterocycles. The highest BCUT2D eigenvalue weighted by atomic mass is 127. The third-order valence-corrected chi connectivity index (χ3v) is 2.46. The summed E-state index contributed by atoms with van der Waals surface area (Å²) in [6, 6.07) is 0.748. The highest BCUT2D eigenvalue weighted by Crippen LogP contribution is 2.33. The maximum Gasteiger partial charge on any atom is 0.0844 e. The zero-order chi connectivity index (χ0) is 6.91. The van der Waals surface area contributed by atoms with Gasteiger partial charge in [0.15, 0.2) is 0 Å². The predicted octanol–water partition coefficient (Wildman–Crippen LogP) is -1.80. The van der Waals surface area contributed by atoms with E-state index in [0.717, 1.165) is 6.04 Å². The smallest absolute Gasteiger partial charge is 0.0844 e. The largest absolute Gasteiger partial charge is 1.00 e. The molecule has 1 nitrogen and oxygen atoms in total. The molecule has 1 fully saturated rings. The van der Waals surface area contributed by atoms with Crippen LogP contribution in [0.5, 0.6) is 0 Å². The Balaban J connectivity index is 0.000000810. The Kier molecular flexibility index (Phi) is 4.17. The van der Waals surface area contributed by atoms with Crippen LogP contribution in [0.3, 0.4) is 0 Å². The van der Waals surface area contributed by atoms with Crippen LogP contribution in [-0.2, 0) is 0 Å². The molecule has 62 valence electrons. The quantitative estimate of drug-likeness (QED) is 0.495. The van der Waals surface area contributed by atoms with E-state index < -0.39 is 0 Å². The first-order valence-electron chi connectivity index (χ1n) is 3.93. The van der Waals surface area contributed by atoms with E-state index in [4.69, 9.17) is 0 Å². The third kappa shape index (κ3) is 3.19. The van der Waals surface area contributed by atoms with Crippen molar-refractivity contribution in [1.82, 2.24) is 0 Å². The average molecular weight is 255 g/mol. The van der Waals surface area contributed by atoms with Gasteiger partial charge in [-0.25, -0.2) is 0 Å². The third-order valence-electron chi connectivity index (χ3n) is 2.46. The van der Waals surface area contributed by atoms with Gasteiger partial charge in [0.2, 0.25) is 0 Å². The summed E-state index contributed by atoms with van der Waals surface area (Å²) in [5.74, 6) is 0. The fourth-order valence-electron chi connectivity index (χ4n) is 1.46. The Hall–Kier alpha value is 0.690. The average Bonchev–Trinajstić information content (AvgIpc) is 1.78. The maximum atomic E-state index is 4.06. The van der Waals surface area contributed by atoms with Crippen LogP contribution in [0.2, 0.25) is 0 Å². The topological polar surface area (TPSA) is 27.6 Å². The van der Waals surface area contributed by atoms with Gasteiger partial charge in [-0.2, -0.15) is 0 Å². The first-order valence-corrected chi connectivity index (χ1v) is 3.93. The number of quaternary nitrogens is 1. The molecule has 0 spiro atoms. The highest BCUT2D eigenvalue weighted by molar-refractivity contribution is 4.76. The van der Waals surface area contributed by atoms with Crippen molar-refractivity contribution in [2.75, 3.05) is 0 Å². The summed E-state index contributed by atoms with van der Waals surface area (Å²) < 4.78 is 0. The molecule has 0 heterocycles. The molecule has 3 N–H and O–H groups in total. The van der Waals surface area contributed by atoms with Gasteiger partial charge in [-0.15, -0.1) is 0 Å². The molecule has 1 aliphatic rings. The van der Waals surface area contributed by atoms with Gasteiger partial charge < -0.3 is 29.7 Å². The Morgan fingerprint density at radius 3 is 1.90 bits per heavy atom. The van der Waals surface area contributed by atoms with E-state index in [2.05, 4.69) is 19.6 Å². The monoisotopic (exact) mass is 255 g/mol. The lowest BCUT2D eigenvalue weighted by molar-refractivity contribution is -0.427. The zero-order valence-corrected chi connectivity index (χ0v) is 9.15. The molecule has 0 atom stereocenters. The Labute approximate surface area is 80.8 Å². The molecule has 0 amide bonds. The number of rotatable bonds is 0. The minimum Gasteiger partial charge on any atom is -1.00 e. The first-order chi connectivity index (χ1) is 4.10. The minimum absolute atomic E-state index is 0. The highest BCUT2D eigenvalue weighted by Gasteiger charge is 2.26. The van der Waals surface area contributed by atoms with E-state index in [1.807, 2.05) is 0 Å². The molecule has 1 rings (SSSR count). The van der Waals surface area contributed by atoms with Gasteiger partial charge in [0.05, 0.1) is 6.04 Å². The normalized spacial score (nSPS) is 25.5. The van der Waals surface area contributed by atoms with Gasteiger partial charge in [-0.1, -0.05) is 13.8 Å². The number of halogens is 1. The van der Waals surface area contributed by atoms with Crippen molar-refractivity contribution < 1.29 is 29.7 Å². The maximum absolute atomic E-state index is 4.06. The lowest BCUT2D eigenvalue weighted by Crippen LogP contribution is -3.00. The molecular weight excluding hydrogens is 237 g/mol. The molecule has 0 saturated heterocycles. The zero-order valence-electron chi connectivity index (χ0n) is 6.99. The molecule has 0 bridgehead atoms. The molecule has 0 radical (unpaired) electrons. The van der Waals surface area contributed by atoms with E-state index in [9.17, 15) is 0 Å². The SMILES string of the molecule is CC1(C)CCC([NH3+])CC1.[I-]. The van der Waals surface area contributed by atoms with Crippen LogP contribution >= 0.6 is 0 Å². The van der Waals surface area contributed by atoms with Crippen LogP contribution in [0, 0.1) is 5.41 Å². The van der Waals surface area contributed by atoms with E-state index in [-0.39, 0.29) is 24.0 Å². The Morgan fingerprint density at radius 2 is 1.60 bits per heavy atom. The molecule has 0 aromatic carbocycles. The van der Waals surface area contributed by atoms with E-state index in [1.165, 1.54) is 25.7 Å². The summed E-state index contributed by atoms with van der Waals surface area (Å²) in [5.41, 5.74) is 4.68. The number of hydrogen-bond donors (Lipinski definition) is 1. The summed E-state index contributed by atoms with van der Waals surface area (Å²) in [6.45, 7) is 4.72. The molecule has 10 heavy (non-hydrogen) atoms. The molecule has 1 aliphatic carbocycles. The van der Waals surface area contributed by atoms with Crippen LogP contribution in [0.25, 0.3) is 0 Å². The Morgan fingerprint density at radius 1 is 1.20 bits per heavy atom. The predicted molar refractivity (Wildman–Crippen MR) is 38.9 cm³/mol. The second-order valence-electron chi connectivity index (χ2n) is 4.11. The second-order valence-corrected chi connectivity index (χ2v) is 4.11. The molecular formula is C8H18IN. The van der Waals surface area contributed by atoms with Gasteiger partial charge in [0, 0.05) is 0 Å². The Bertz CT molecular complexity index is 91.4. The molecule has 2 heteroatoms. The fraction of sp³-hybridized carbons (Fsp3) is 1.00. The second kappa shape index (κ2) is 3.90. The van der Waals surface area contributed by atoms with Crippen LogP contribution < -0.4 is 29.7 Å².